The highest BCUT2D eigenvalue weighted by molar-refractivity contribution is 6.34. The van der Waals surface area contributed by atoms with Crippen molar-refractivity contribution in [1.29, 1.82) is 0 Å². The summed E-state index contributed by atoms with van der Waals surface area (Å²) in [6, 6.07) is 11.9. The number of anilines is 1. The number of halogens is 3. The molecule has 3 heterocycles. The number of hydrogen-bond acceptors (Lipinski definition) is 4. The standard InChI is InChI=1S/C22H17F3N4O2/c23-22(24,25)17-8-4-1-5-13(17)12-28-18-9-10-26-11-16(18)19(27-28)29-20(30)14-6-2-3-7-15(14)21(29)31/h1-8,26H,9-12H2. The van der Waals surface area contributed by atoms with Crippen LogP contribution in [0.15, 0.2) is 48.5 Å². The number of carbonyl (C=O) groups is 2. The molecule has 2 aliphatic heterocycles. The number of rotatable bonds is 3. The van der Waals surface area contributed by atoms with Gasteiger partial charge in [0, 0.05) is 30.8 Å². The van der Waals surface area contributed by atoms with Crippen LogP contribution in [0.3, 0.4) is 0 Å². The van der Waals surface area contributed by atoms with Crippen LogP contribution in [0.1, 0.15) is 43.1 Å². The van der Waals surface area contributed by atoms with Crippen molar-refractivity contribution >= 4 is 17.6 Å². The SMILES string of the molecule is O=C1c2ccccc2C(=O)N1c1nn(Cc2ccccc2C(F)(F)F)c2c1CNCC2. The maximum absolute atomic E-state index is 13.5. The fourth-order valence-electron chi connectivity index (χ4n) is 4.19. The summed E-state index contributed by atoms with van der Waals surface area (Å²) >= 11 is 0. The monoisotopic (exact) mass is 426 g/mol. The number of hydrogen-bond donors (Lipinski definition) is 1. The first-order valence-corrected chi connectivity index (χ1v) is 9.78. The number of benzene rings is 2. The molecule has 0 saturated heterocycles. The molecule has 2 amide bonds. The molecule has 3 aromatic rings. The number of amides is 2. The van der Waals surface area contributed by atoms with Gasteiger partial charge in [-0.1, -0.05) is 30.3 Å². The Kier molecular flexibility index (Phi) is 4.44. The smallest absolute Gasteiger partial charge is 0.312 e. The molecular formula is C22H17F3N4O2. The number of imide groups is 1. The molecule has 0 aliphatic carbocycles. The van der Waals surface area contributed by atoms with Crippen LogP contribution < -0.4 is 10.2 Å². The summed E-state index contributed by atoms with van der Waals surface area (Å²) in [5.74, 6) is -0.776. The fourth-order valence-corrected chi connectivity index (χ4v) is 4.19. The minimum absolute atomic E-state index is 0.0766. The molecule has 5 rings (SSSR count). The van der Waals surface area contributed by atoms with Gasteiger partial charge in [-0.15, -0.1) is 0 Å². The Morgan fingerprint density at radius 2 is 1.61 bits per heavy atom. The van der Waals surface area contributed by atoms with E-state index >= 15 is 0 Å². The van der Waals surface area contributed by atoms with Crippen molar-refractivity contribution in [1.82, 2.24) is 15.1 Å². The molecule has 2 aromatic carbocycles. The Balaban J connectivity index is 1.59. The molecule has 0 radical (unpaired) electrons. The molecule has 0 bridgehead atoms. The second-order valence-electron chi connectivity index (χ2n) is 7.48. The lowest BCUT2D eigenvalue weighted by atomic mass is 10.1. The highest BCUT2D eigenvalue weighted by Gasteiger charge is 2.40. The van der Waals surface area contributed by atoms with E-state index in [0.717, 1.165) is 16.7 Å². The zero-order valence-electron chi connectivity index (χ0n) is 16.2. The quantitative estimate of drug-likeness (QED) is 0.652. The number of carbonyl (C=O) groups excluding carboxylic acids is 2. The van der Waals surface area contributed by atoms with Gasteiger partial charge in [0.1, 0.15) is 0 Å². The number of nitrogens with zero attached hydrogens (tertiary/aromatic N) is 3. The highest BCUT2D eigenvalue weighted by atomic mass is 19.4. The molecule has 158 valence electrons. The largest absolute Gasteiger partial charge is 0.416 e. The third-order valence-electron chi connectivity index (χ3n) is 5.63. The number of aromatic nitrogens is 2. The molecule has 6 nitrogen and oxygen atoms in total. The maximum Gasteiger partial charge on any atom is 0.416 e. The van der Waals surface area contributed by atoms with E-state index < -0.39 is 23.6 Å². The van der Waals surface area contributed by atoms with Crippen LogP contribution in [-0.2, 0) is 25.7 Å². The van der Waals surface area contributed by atoms with Gasteiger partial charge < -0.3 is 5.32 Å². The Labute approximate surface area is 175 Å². The summed E-state index contributed by atoms with van der Waals surface area (Å²) in [5, 5.41) is 7.66. The Morgan fingerprint density at radius 1 is 0.968 bits per heavy atom. The molecule has 0 saturated carbocycles. The third-order valence-corrected chi connectivity index (χ3v) is 5.63. The van der Waals surface area contributed by atoms with E-state index in [4.69, 9.17) is 0 Å². The van der Waals surface area contributed by atoms with Crippen LogP contribution in [0.25, 0.3) is 0 Å². The first-order valence-electron chi connectivity index (χ1n) is 9.78. The Hall–Kier alpha value is -3.46. The van der Waals surface area contributed by atoms with Crippen molar-refractivity contribution in [2.75, 3.05) is 11.4 Å². The zero-order chi connectivity index (χ0) is 21.8. The summed E-state index contributed by atoms with van der Waals surface area (Å²) < 4.78 is 41.9. The molecule has 1 aromatic heterocycles. The maximum atomic E-state index is 13.5. The second-order valence-corrected chi connectivity index (χ2v) is 7.48. The van der Waals surface area contributed by atoms with Gasteiger partial charge in [-0.2, -0.15) is 18.3 Å². The minimum atomic E-state index is -4.49. The summed E-state index contributed by atoms with van der Waals surface area (Å²) in [6.45, 7) is 0.890. The Bertz CT molecular complexity index is 1180. The summed E-state index contributed by atoms with van der Waals surface area (Å²) in [7, 11) is 0. The van der Waals surface area contributed by atoms with Gasteiger partial charge in [-0.25, -0.2) is 4.90 Å². The second kappa shape index (κ2) is 7.05. The lowest BCUT2D eigenvalue weighted by Gasteiger charge is -2.18. The van der Waals surface area contributed by atoms with Crippen molar-refractivity contribution in [3.63, 3.8) is 0 Å². The molecular weight excluding hydrogens is 409 g/mol. The van der Waals surface area contributed by atoms with Gasteiger partial charge in [0.15, 0.2) is 5.82 Å². The molecule has 2 aliphatic rings. The third kappa shape index (κ3) is 3.12. The highest BCUT2D eigenvalue weighted by Crippen LogP contribution is 2.35. The molecule has 31 heavy (non-hydrogen) atoms. The van der Waals surface area contributed by atoms with Crippen LogP contribution in [0.2, 0.25) is 0 Å². The van der Waals surface area contributed by atoms with Crippen molar-refractivity contribution in [2.45, 2.75) is 25.7 Å². The van der Waals surface area contributed by atoms with Gasteiger partial charge in [-0.05, 0) is 23.8 Å². The molecule has 9 heteroatoms. The zero-order valence-corrected chi connectivity index (χ0v) is 16.2. The lowest BCUT2D eigenvalue weighted by Crippen LogP contribution is -2.32. The topological polar surface area (TPSA) is 67.2 Å². The van der Waals surface area contributed by atoms with Crippen molar-refractivity contribution in [3.8, 4) is 0 Å². The van der Waals surface area contributed by atoms with E-state index in [-0.39, 0.29) is 17.9 Å². The van der Waals surface area contributed by atoms with Crippen molar-refractivity contribution in [2.24, 2.45) is 0 Å². The normalized spacial score (nSPS) is 15.9. The number of nitrogens with one attached hydrogen (secondary N) is 1. The molecule has 0 unspecified atom stereocenters. The molecule has 1 N–H and O–H groups in total. The van der Waals surface area contributed by atoms with Crippen molar-refractivity contribution < 1.29 is 22.8 Å². The molecule has 0 atom stereocenters. The lowest BCUT2D eigenvalue weighted by molar-refractivity contribution is -0.138. The minimum Gasteiger partial charge on any atom is -0.312 e. The van der Waals surface area contributed by atoms with Gasteiger partial charge in [0.2, 0.25) is 0 Å². The van der Waals surface area contributed by atoms with E-state index in [2.05, 4.69) is 10.4 Å². The van der Waals surface area contributed by atoms with E-state index in [1.54, 1.807) is 30.3 Å². The van der Waals surface area contributed by atoms with Crippen molar-refractivity contribution in [3.05, 3.63) is 82.0 Å². The number of alkyl halides is 3. The van der Waals surface area contributed by atoms with Crippen LogP contribution >= 0.6 is 0 Å². The predicted molar refractivity (Wildman–Crippen MR) is 106 cm³/mol. The average molecular weight is 426 g/mol. The van der Waals surface area contributed by atoms with E-state index in [1.807, 2.05) is 0 Å². The molecule has 0 fully saturated rings. The summed E-state index contributed by atoms with van der Waals surface area (Å²) in [4.78, 5) is 26.9. The van der Waals surface area contributed by atoms with Crippen LogP contribution in [0, 0.1) is 0 Å². The van der Waals surface area contributed by atoms with E-state index in [9.17, 15) is 22.8 Å². The fraction of sp³-hybridized carbons (Fsp3) is 0.227. The van der Waals surface area contributed by atoms with E-state index in [0.29, 0.717) is 36.2 Å². The first kappa shape index (κ1) is 19.5. The van der Waals surface area contributed by atoms with Gasteiger partial charge in [-0.3, -0.25) is 14.3 Å². The number of fused-ring (bicyclic) bond motifs is 2. The summed E-state index contributed by atoms with van der Waals surface area (Å²) in [5.41, 5.74) is 1.32. The van der Waals surface area contributed by atoms with E-state index in [1.165, 1.54) is 16.8 Å². The molecule has 0 spiro atoms. The van der Waals surface area contributed by atoms with Gasteiger partial charge in [0.25, 0.3) is 11.8 Å². The Morgan fingerprint density at radius 3 is 2.29 bits per heavy atom. The van der Waals surface area contributed by atoms with Crippen LogP contribution in [0.4, 0.5) is 19.0 Å². The first-order chi connectivity index (χ1) is 14.9. The predicted octanol–water partition coefficient (Wildman–Crippen LogP) is 3.40. The van der Waals surface area contributed by atoms with Gasteiger partial charge in [0.05, 0.1) is 23.2 Å². The van der Waals surface area contributed by atoms with Crippen LogP contribution in [-0.4, -0.2) is 28.1 Å². The average Bonchev–Trinajstić information content (AvgIpc) is 3.23. The van der Waals surface area contributed by atoms with Crippen LogP contribution in [0.5, 0.6) is 0 Å². The van der Waals surface area contributed by atoms with Gasteiger partial charge >= 0.3 is 6.18 Å². The summed E-state index contributed by atoms with van der Waals surface area (Å²) in [6.07, 6.45) is -3.96.